The molecule has 0 rings (SSSR count). The number of hydrogen-bond donors (Lipinski definition) is 0. The van der Waals surface area contributed by atoms with E-state index in [1.165, 1.54) is 205 Å². The van der Waals surface area contributed by atoms with Gasteiger partial charge in [-0.2, -0.15) is 0 Å². The first-order chi connectivity index (χ1) is 18.7. The van der Waals surface area contributed by atoms with Crippen LogP contribution in [0, 0.1) is 11.8 Å². The molecule has 1 atom stereocenters. The summed E-state index contributed by atoms with van der Waals surface area (Å²) < 4.78 is 0. The van der Waals surface area contributed by atoms with Crippen molar-refractivity contribution in [1.82, 2.24) is 0 Å². The molecule has 0 N–H and O–H groups in total. The summed E-state index contributed by atoms with van der Waals surface area (Å²) in [4.78, 5) is 0. The van der Waals surface area contributed by atoms with Gasteiger partial charge in [-0.05, 0) is 11.8 Å². The van der Waals surface area contributed by atoms with E-state index in [9.17, 15) is 0 Å². The second-order valence-corrected chi connectivity index (χ2v) is 13.6. The predicted molar refractivity (Wildman–Crippen MR) is 177 cm³/mol. The van der Waals surface area contributed by atoms with Gasteiger partial charge in [0.05, 0.1) is 0 Å². The van der Waals surface area contributed by atoms with Gasteiger partial charge in [0.15, 0.2) is 0 Å². The van der Waals surface area contributed by atoms with Crippen molar-refractivity contribution in [2.45, 2.75) is 233 Å². The molecule has 0 amide bonds. The summed E-state index contributed by atoms with van der Waals surface area (Å²) in [6.45, 7) is 9.44. The molecule has 0 heterocycles. The van der Waals surface area contributed by atoms with Crippen molar-refractivity contribution in [2.24, 2.45) is 11.8 Å². The van der Waals surface area contributed by atoms with Gasteiger partial charge in [-0.1, -0.05) is 233 Å². The smallest absolute Gasteiger partial charge is 0.0417 e. The Labute approximate surface area is 244 Å². The van der Waals surface area contributed by atoms with Crippen LogP contribution >= 0.6 is 0 Å². The lowest BCUT2D eigenvalue weighted by molar-refractivity contribution is 0.392. The van der Waals surface area contributed by atoms with Crippen molar-refractivity contribution >= 4 is 0 Å². The Bertz CT molecular complexity index is 397. The molecule has 0 saturated heterocycles. The van der Waals surface area contributed by atoms with E-state index in [1.54, 1.807) is 0 Å². The Kier molecular flexibility index (Phi) is 33.2. The summed E-state index contributed by atoms with van der Waals surface area (Å²) in [5.41, 5.74) is 0. The molecule has 0 saturated carbocycles. The van der Waals surface area contributed by atoms with Gasteiger partial charge in [0, 0.05) is 0 Å². The van der Waals surface area contributed by atoms with Crippen LogP contribution in [-0.2, 0) is 0 Å². The van der Waals surface area contributed by atoms with Crippen molar-refractivity contribution in [1.29, 1.82) is 0 Å². The highest BCUT2D eigenvalue weighted by Crippen LogP contribution is 2.22. The molecular weight excluding hydrogens is 456 g/mol. The van der Waals surface area contributed by atoms with E-state index in [-0.39, 0.29) is 0 Å². The van der Waals surface area contributed by atoms with Gasteiger partial charge in [-0.3, -0.25) is 0 Å². The van der Waals surface area contributed by atoms with Crippen LogP contribution in [-0.4, -0.2) is 0 Å². The molecule has 0 fully saturated rings. The zero-order valence-electron chi connectivity index (χ0n) is 27.8. The van der Waals surface area contributed by atoms with Crippen LogP contribution in [0.15, 0.2) is 0 Å². The first kappa shape index (κ1) is 38.0. The average Bonchev–Trinajstić information content (AvgIpc) is 2.91. The van der Waals surface area contributed by atoms with E-state index < -0.39 is 0 Å². The lowest BCUT2D eigenvalue weighted by Crippen LogP contribution is -1.99. The maximum absolute atomic E-state index is 2.43. The fraction of sp³-hybridized carbons (Fsp3) is 1.00. The van der Waals surface area contributed by atoms with Crippen molar-refractivity contribution in [2.75, 3.05) is 0 Å². The minimum atomic E-state index is 0.896. The third-order valence-electron chi connectivity index (χ3n) is 9.19. The molecule has 38 heavy (non-hydrogen) atoms. The zero-order chi connectivity index (χ0) is 27.8. The molecule has 0 aromatic rings. The average molecular weight is 535 g/mol. The Hall–Kier alpha value is 0. The quantitative estimate of drug-likeness (QED) is 0.0734. The van der Waals surface area contributed by atoms with Gasteiger partial charge in [0.2, 0.25) is 0 Å². The summed E-state index contributed by atoms with van der Waals surface area (Å²) in [5.74, 6) is 1.91. The molecule has 0 nitrogen and oxygen atoms in total. The molecule has 0 aromatic heterocycles. The van der Waals surface area contributed by atoms with Crippen LogP contribution in [0.3, 0.4) is 0 Å². The topological polar surface area (TPSA) is 0 Å². The molecule has 230 valence electrons. The van der Waals surface area contributed by atoms with E-state index >= 15 is 0 Å². The number of rotatable bonds is 33. The van der Waals surface area contributed by atoms with Crippen LogP contribution in [0.4, 0.5) is 0 Å². The Morgan fingerprint density at radius 3 is 0.763 bits per heavy atom. The second-order valence-electron chi connectivity index (χ2n) is 13.6. The summed E-state index contributed by atoms with van der Waals surface area (Å²) in [7, 11) is 0. The van der Waals surface area contributed by atoms with Crippen molar-refractivity contribution < 1.29 is 0 Å². The second kappa shape index (κ2) is 33.2. The zero-order valence-corrected chi connectivity index (χ0v) is 27.8. The lowest BCUT2D eigenvalue weighted by Gasteiger charge is -2.14. The van der Waals surface area contributed by atoms with Gasteiger partial charge in [0.1, 0.15) is 0 Å². The first-order valence-electron chi connectivity index (χ1n) is 18.7. The highest BCUT2D eigenvalue weighted by Gasteiger charge is 2.06. The van der Waals surface area contributed by atoms with Crippen LogP contribution in [0.5, 0.6) is 0 Å². The highest BCUT2D eigenvalue weighted by atomic mass is 14.1. The molecular formula is C38H78. The Morgan fingerprint density at radius 1 is 0.289 bits per heavy atom. The van der Waals surface area contributed by atoms with E-state index in [2.05, 4.69) is 27.7 Å². The fourth-order valence-electron chi connectivity index (χ4n) is 6.29. The van der Waals surface area contributed by atoms with E-state index in [0.29, 0.717) is 0 Å². The molecule has 1 unspecified atom stereocenters. The van der Waals surface area contributed by atoms with Crippen molar-refractivity contribution in [3.05, 3.63) is 0 Å². The first-order valence-corrected chi connectivity index (χ1v) is 18.7. The molecule has 0 bridgehead atoms. The largest absolute Gasteiger partial charge is 0.0654 e. The van der Waals surface area contributed by atoms with Crippen LogP contribution in [0.1, 0.15) is 233 Å². The van der Waals surface area contributed by atoms with Crippen LogP contribution in [0.25, 0.3) is 0 Å². The minimum Gasteiger partial charge on any atom is -0.0654 e. The van der Waals surface area contributed by atoms with E-state index in [0.717, 1.165) is 11.8 Å². The molecule has 0 aliphatic carbocycles. The fourth-order valence-corrected chi connectivity index (χ4v) is 6.29. The molecule has 0 radical (unpaired) electrons. The summed E-state index contributed by atoms with van der Waals surface area (Å²) >= 11 is 0. The molecule has 0 heteroatoms. The monoisotopic (exact) mass is 535 g/mol. The summed E-state index contributed by atoms with van der Waals surface area (Å²) in [6.07, 6.45) is 47.3. The predicted octanol–water partition coefficient (Wildman–Crippen LogP) is 14.8. The van der Waals surface area contributed by atoms with Crippen molar-refractivity contribution in [3.63, 3.8) is 0 Å². The standard InChI is InChI=1S/C38H78/c1-5-7-8-9-10-11-19-23-26-29-32-35-38(6-2)36-33-30-27-24-21-18-16-14-12-13-15-17-20-22-25-28-31-34-37(3)4/h37-38H,5-36H2,1-4H3. The summed E-state index contributed by atoms with van der Waals surface area (Å²) in [6, 6.07) is 0. The number of hydrogen-bond acceptors (Lipinski definition) is 0. The van der Waals surface area contributed by atoms with E-state index in [1.807, 2.05) is 0 Å². The van der Waals surface area contributed by atoms with Crippen molar-refractivity contribution in [3.8, 4) is 0 Å². The van der Waals surface area contributed by atoms with Gasteiger partial charge < -0.3 is 0 Å². The normalized spacial score (nSPS) is 12.6. The molecule has 0 aliphatic rings. The van der Waals surface area contributed by atoms with Gasteiger partial charge >= 0.3 is 0 Å². The van der Waals surface area contributed by atoms with Gasteiger partial charge in [0.25, 0.3) is 0 Å². The maximum atomic E-state index is 2.43. The lowest BCUT2D eigenvalue weighted by atomic mass is 9.92. The Balaban J connectivity index is 3.24. The molecule has 0 spiro atoms. The highest BCUT2D eigenvalue weighted by molar-refractivity contribution is 4.59. The number of unbranched alkanes of at least 4 members (excludes halogenated alkanes) is 26. The van der Waals surface area contributed by atoms with Crippen LogP contribution in [0.2, 0.25) is 0 Å². The van der Waals surface area contributed by atoms with Crippen LogP contribution < -0.4 is 0 Å². The molecule has 0 aliphatic heterocycles. The van der Waals surface area contributed by atoms with Gasteiger partial charge in [-0.25, -0.2) is 0 Å². The Morgan fingerprint density at radius 2 is 0.526 bits per heavy atom. The third kappa shape index (κ3) is 32.2. The summed E-state index contributed by atoms with van der Waals surface area (Å²) in [5, 5.41) is 0. The van der Waals surface area contributed by atoms with Gasteiger partial charge in [-0.15, -0.1) is 0 Å². The SMILES string of the molecule is CCCCCCCCCCCCCC(CC)CCCCCCCCCCCCCCCCCCCC(C)C. The van der Waals surface area contributed by atoms with E-state index in [4.69, 9.17) is 0 Å². The third-order valence-corrected chi connectivity index (χ3v) is 9.19. The maximum Gasteiger partial charge on any atom is -0.0417 e. The minimum absolute atomic E-state index is 0.896. The molecule has 0 aromatic carbocycles.